The average Bonchev–Trinajstić information content (AvgIpc) is 0.876. The van der Waals surface area contributed by atoms with Crippen LogP contribution in [0.3, 0.4) is 0 Å². The normalized spacial score (nSPS) is 15.9. The van der Waals surface area contributed by atoms with Gasteiger partial charge in [-0.05, 0) is 125 Å². The average molecular weight is 1360 g/mol. The monoisotopic (exact) mass is 1350 g/mol. The highest BCUT2D eigenvalue weighted by atomic mass is 35.5. The van der Waals surface area contributed by atoms with Crippen LogP contribution >= 0.6 is 11.6 Å². The van der Waals surface area contributed by atoms with Crippen LogP contribution in [-0.4, -0.2) is 121 Å². The second-order valence-corrected chi connectivity index (χ2v) is 27.2. The van der Waals surface area contributed by atoms with Crippen molar-refractivity contribution in [1.82, 2.24) is 37.8 Å². The topological polar surface area (TPSA) is 334 Å². The van der Waals surface area contributed by atoms with E-state index >= 15 is 0 Å². The van der Waals surface area contributed by atoms with Crippen molar-refractivity contribution in [2.45, 2.75) is 98.2 Å². The van der Waals surface area contributed by atoms with Crippen molar-refractivity contribution in [3.63, 3.8) is 0 Å². The third-order valence-corrected chi connectivity index (χ3v) is 19.3. The number of hydrogen-bond donors (Lipinski definition) is 9. The van der Waals surface area contributed by atoms with Crippen molar-refractivity contribution >= 4 is 76.2 Å². The SMILES string of the molecule is CN(c1cccc(OC2CCC(NN=C(N)N)CC2)c1)S(=O)(=O)c1cccc2ccccc12.COc1cc(OCCC(C)NNC2=NCCN2)cc(OS(=O)(=O)c2ccccc2)c1.Cc1cc(OCCC(C)NNC2=NCCN2)cc(OS(=O)(=O)c2ccccc2Cl)c1. The number of methoxy groups -OCH3 is 1. The molecule has 2 atom stereocenters. The lowest BCUT2D eigenvalue weighted by Gasteiger charge is -2.29. The van der Waals surface area contributed by atoms with Crippen molar-refractivity contribution in [3.05, 3.63) is 168 Å². The third-order valence-electron chi connectivity index (χ3n) is 14.4. The molecule has 0 saturated heterocycles. The molecule has 2 heterocycles. The molecular formula is C64H80ClN13O12S3. The van der Waals surface area contributed by atoms with Gasteiger partial charge < -0.3 is 54.8 Å². The number of halogens is 1. The van der Waals surface area contributed by atoms with Gasteiger partial charge in [0, 0.05) is 74.0 Å². The van der Waals surface area contributed by atoms with Crippen LogP contribution in [0.4, 0.5) is 5.69 Å². The Bertz CT molecular complexity index is 4050. The highest BCUT2D eigenvalue weighted by Gasteiger charge is 2.27. The van der Waals surface area contributed by atoms with E-state index in [9.17, 15) is 25.3 Å². The van der Waals surface area contributed by atoms with Crippen molar-refractivity contribution in [2.24, 2.45) is 26.6 Å². The summed E-state index contributed by atoms with van der Waals surface area (Å²) in [5.41, 5.74) is 27.4. The van der Waals surface area contributed by atoms with Gasteiger partial charge in [0.25, 0.3) is 10.0 Å². The molecule has 1 saturated carbocycles. The van der Waals surface area contributed by atoms with E-state index in [0.29, 0.717) is 53.7 Å². The molecule has 10 rings (SSSR count). The molecule has 0 amide bonds. The summed E-state index contributed by atoms with van der Waals surface area (Å²) >= 11 is 6.00. The van der Waals surface area contributed by atoms with Crippen LogP contribution in [0.1, 0.15) is 57.9 Å². The summed E-state index contributed by atoms with van der Waals surface area (Å²) in [5.74, 6) is 3.84. The van der Waals surface area contributed by atoms with Gasteiger partial charge in [0.2, 0.25) is 17.9 Å². The quantitative estimate of drug-likeness (QED) is 0.0110. The van der Waals surface area contributed by atoms with Gasteiger partial charge in [0.05, 0.1) is 55.1 Å². The van der Waals surface area contributed by atoms with E-state index < -0.39 is 30.3 Å². The van der Waals surface area contributed by atoms with Crippen LogP contribution in [0.15, 0.2) is 187 Å². The van der Waals surface area contributed by atoms with Crippen LogP contribution in [0.25, 0.3) is 10.8 Å². The Hall–Kier alpha value is -8.93. The molecule has 7 aromatic carbocycles. The molecule has 0 radical (unpaired) electrons. The number of nitrogens with two attached hydrogens (primary N) is 2. The summed E-state index contributed by atoms with van der Waals surface area (Å²) in [6.45, 7) is 9.93. The zero-order valence-electron chi connectivity index (χ0n) is 52.3. The van der Waals surface area contributed by atoms with Crippen LogP contribution in [0, 0.1) is 6.92 Å². The highest BCUT2D eigenvalue weighted by Crippen LogP contribution is 2.34. The maximum absolute atomic E-state index is 13.4. The summed E-state index contributed by atoms with van der Waals surface area (Å²) in [7, 11) is -8.70. The van der Waals surface area contributed by atoms with E-state index in [1.165, 1.54) is 47.8 Å². The molecule has 93 heavy (non-hydrogen) atoms. The number of aryl methyl sites for hydroxylation is 1. The van der Waals surface area contributed by atoms with Gasteiger partial charge in [-0.1, -0.05) is 84.4 Å². The Kier molecular flexibility index (Phi) is 25.3. The Balaban J connectivity index is 0.000000180. The van der Waals surface area contributed by atoms with Crippen molar-refractivity contribution in [2.75, 3.05) is 57.9 Å². The maximum Gasteiger partial charge on any atom is 0.340 e. The predicted octanol–water partition coefficient (Wildman–Crippen LogP) is 7.43. The number of rotatable bonds is 26. The molecule has 0 spiro atoms. The second kappa shape index (κ2) is 33.6. The van der Waals surface area contributed by atoms with Crippen molar-refractivity contribution in [1.29, 1.82) is 0 Å². The van der Waals surface area contributed by atoms with Gasteiger partial charge in [0.1, 0.15) is 44.3 Å². The number of anilines is 1. The first kappa shape index (κ1) is 69.9. The van der Waals surface area contributed by atoms with E-state index in [-0.39, 0.29) is 61.4 Å². The number of sulfonamides is 1. The van der Waals surface area contributed by atoms with Gasteiger partial charge >= 0.3 is 20.2 Å². The lowest BCUT2D eigenvalue weighted by Crippen LogP contribution is -2.47. The van der Waals surface area contributed by atoms with E-state index in [2.05, 4.69) is 52.8 Å². The number of fused-ring (bicyclic) bond motifs is 1. The van der Waals surface area contributed by atoms with Crippen molar-refractivity contribution in [3.8, 4) is 34.5 Å². The molecular weight excluding hydrogens is 1270 g/mol. The van der Waals surface area contributed by atoms with E-state index in [1.54, 1.807) is 79.8 Å². The summed E-state index contributed by atoms with van der Waals surface area (Å²) in [5, 5.41) is 11.8. The van der Waals surface area contributed by atoms with Crippen LogP contribution in [0.2, 0.25) is 5.02 Å². The molecule has 498 valence electrons. The summed E-state index contributed by atoms with van der Waals surface area (Å²) < 4.78 is 112. The van der Waals surface area contributed by atoms with E-state index in [4.69, 9.17) is 50.4 Å². The number of guanidine groups is 3. The summed E-state index contributed by atoms with van der Waals surface area (Å²) in [6.07, 6.45) is 4.96. The minimum Gasteiger partial charge on any atom is -0.496 e. The molecule has 0 aromatic heterocycles. The Morgan fingerprint density at radius 1 is 0.634 bits per heavy atom. The third kappa shape index (κ3) is 21.3. The van der Waals surface area contributed by atoms with Gasteiger partial charge in [0.15, 0.2) is 0 Å². The first-order chi connectivity index (χ1) is 44.6. The molecule has 1 aliphatic carbocycles. The molecule has 25 nitrogen and oxygen atoms in total. The number of hydrazine groups is 2. The number of nitrogens with zero attached hydrogens (tertiary/aromatic N) is 4. The van der Waals surface area contributed by atoms with Gasteiger partial charge in [-0.3, -0.25) is 25.1 Å². The maximum atomic E-state index is 13.4. The van der Waals surface area contributed by atoms with E-state index in [0.717, 1.165) is 81.2 Å². The van der Waals surface area contributed by atoms with Crippen LogP contribution < -0.4 is 80.8 Å². The number of hydrazone groups is 1. The minimum absolute atomic E-state index is 0.0211. The molecule has 0 bridgehead atoms. The molecule has 2 unspecified atom stereocenters. The first-order valence-corrected chi connectivity index (χ1v) is 34.7. The zero-order valence-corrected chi connectivity index (χ0v) is 55.5. The van der Waals surface area contributed by atoms with Gasteiger partial charge in [-0.25, -0.2) is 19.3 Å². The molecule has 2 aliphatic heterocycles. The molecule has 11 N–H and O–H groups in total. The smallest absolute Gasteiger partial charge is 0.340 e. The van der Waals surface area contributed by atoms with Crippen LogP contribution in [-0.2, 0) is 30.3 Å². The number of hydrogen-bond acceptors (Lipinski definition) is 22. The molecule has 1 fully saturated rings. The fourth-order valence-electron chi connectivity index (χ4n) is 9.55. The molecule has 7 aromatic rings. The molecule has 29 heteroatoms. The fourth-order valence-corrected chi connectivity index (χ4v) is 13.3. The Labute approximate surface area is 548 Å². The van der Waals surface area contributed by atoms with Gasteiger partial charge in [-0.15, -0.1) is 5.10 Å². The number of aliphatic imine (C=N–C) groups is 2. The standard InChI is InChI=1S/C24H29N5O3S.C20H25ClN4O4S.C20H26N4O5S/c1-29(33(30,31)23-11-4-7-17-6-2-3-10-22(17)23)19-8-5-9-21(16-19)32-20-14-12-18(13-15-20)27-28-24(25)26;1-14-11-16(28-10-7-15(2)24-25-20-22-8-9-23-20)13-17(12-14)29-30(26,27)19-6-4-3-5-18(19)21;1-15(23-24-20-21-9-10-22-20)8-11-28-17-12-16(27-2)13-18(14-17)29-30(25,26)19-6-4-3-5-7-19/h2-11,16,18,20,27H,12-15H2,1H3,(H4,25,26,28);3-6,11-13,15,24H,7-10H2,1-2H3,(H2,22,23,25);3-7,12-15,23H,8-11H2,1-2H3,(H2,21,22,24). The predicted molar refractivity (Wildman–Crippen MR) is 362 cm³/mol. The minimum atomic E-state index is -4.05. The second-order valence-electron chi connectivity index (χ2n) is 21.8. The van der Waals surface area contributed by atoms with Gasteiger partial charge in [-0.2, -0.15) is 16.8 Å². The van der Waals surface area contributed by atoms with Crippen LogP contribution in [0.5, 0.6) is 34.5 Å². The first-order valence-electron chi connectivity index (χ1n) is 30.1. The number of ether oxygens (including phenoxy) is 4. The Morgan fingerprint density at radius 2 is 1.17 bits per heavy atom. The molecule has 3 aliphatic rings. The van der Waals surface area contributed by atoms with Crippen molar-refractivity contribution < 1.29 is 52.6 Å². The summed E-state index contributed by atoms with van der Waals surface area (Å²) in [6, 6.07) is 44.3. The zero-order chi connectivity index (χ0) is 66.4. The van der Waals surface area contributed by atoms with E-state index in [1.807, 2.05) is 69.3 Å². The largest absolute Gasteiger partial charge is 0.496 e. The Morgan fingerprint density at radius 3 is 1.80 bits per heavy atom. The highest BCUT2D eigenvalue weighted by molar-refractivity contribution is 7.93. The fraction of sp³-hybridized carbons (Fsp3) is 0.328. The number of nitrogens with one attached hydrogen (secondary N) is 7. The summed E-state index contributed by atoms with van der Waals surface area (Å²) in [4.78, 5) is 8.75. The number of benzene rings is 7. The lowest BCUT2D eigenvalue weighted by molar-refractivity contribution is 0.140. The lowest BCUT2D eigenvalue weighted by atomic mass is 9.93.